The molecule has 3 aromatic rings. The van der Waals surface area contributed by atoms with Crippen molar-refractivity contribution in [3.63, 3.8) is 0 Å². The Kier molecular flexibility index (Phi) is 6.41. The molecule has 0 amide bonds. The molecule has 7 heteroatoms. The molecule has 1 heterocycles. The first-order chi connectivity index (χ1) is 13.7. The molecule has 0 fully saturated rings. The van der Waals surface area contributed by atoms with Crippen LogP contribution in [0.2, 0.25) is 0 Å². The summed E-state index contributed by atoms with van der Waals surface area (Å²) in [5.74, 6) is 0.204. The molecule has 2 aromatic carbocycles. The van der Waals surface area contributed by atoms with Gasteiger partial charge in [0, 0.05) is 49.8 Å². The van der Waals surface area contributed by atoms with Crippen LogP contribution < -0.4 is 4.72 Å². The Hall–Kier alpha value is -2.22. The van der Waals surface area contributed by atoms with Gasteiger partial charge in [-0.1, -0.05) is 44.2 Å². The molecule has 0 saturated heterocycles. The summed E-state index contributed by atoms with van der Waals surface area (Å²) < 4.78 is 44.1. The van der Waals surface area contributed by atoms with Gasteiger partial charge in [-0.2, -0.15) is 12.7 Å². The van der Waals surface area contributed by atoms with E-state index in [9.17, 15) is 12.8 Å². The molecule has 156 valence electrons. The van der Waals surface area contributed by atoms with Crippen molar-refractivity contribution in [2.75, 3.05) is 20.6 Å². The Labute approximate surface area is 172 Å². The SMILES string of the molecule is CC(C)Cn1cc(CCNS(=O)(=O)N(C)C)c2ccc(-c3ccccc3F)cc21. The van der Waals surface area contributed by atoms with Crippen LogP contribution in [0.1, 0.15) is 19.4 Å². The maximum absolute atomic E-state index is 14.3. The third-order valence-corrected chi connectivity index (χ3v) is 6.40. The van der Waals surface area contributed by atoms with Gasteiger partial charge in [0.05, 0.1) is 0 Å². The standard InChI is InChI=1S/C22H28FN3O2S/c1-16(2)14-26-15-18(11-12-24-29(27,28)25(3)4)20-10-9-17(13-22(20)26)19-7-5-6-8-21(19)23/h5-10,13,15-16,24H,11-12,14H2,1-4H3. The zero-order valence-corrected chi connectivity index (χ0v) is 18.1. The molecule has 0 saturated carbocycles. The van der Waals surface area contributed by atoms with Crippen molar-refractivity contribution in [2.45, 2.75) is 26.8 Å². The van der Waals surface area contributed by atoms with Crippen molar-refractivity contribution in [1.29, 1.82) is 0 Å². The van der Waals surface area contributed by atoms with Gasteiger partial charge in [0.2, 0.25) is 0 Å². The molecule has 0 spiro atoms. The van der Waals surface area contributed by atoms with Crippen LogP contribution >= 0.6 is 0 Å². The number of hydrogen-bond acceptors (Lipinski definition) is 2. The van der Waals surface area contributed by atoms with Gasteiger partial charge < -0.3 is 4.57 Å². The van der Waals surface area contributed by atoms with Crippen LogP contribution in [0, 0.1) is 11.7 Å². The first kappa shape index (κ1) is 21.5. The van der Waals surface area contributed by atoms with Gasteiger partial charge in [-0.05, 0) is 35.6 Å². The first-order valence-electron chi connectivity index (χ1n) is 9.73. The molecular formula is C22H28FN3O2S. The number of benzene rings is 2. The van der Waals surface area contributed by atoms with Crippen molar-refractivity contribution in [1.82, 2.24) is 13.6 Å². The van der Waals surface area contributed by atoms with Crippen LogP contribution in [-0.4, -0.2) is 37.9 Å². The van der Waals surface area contributed by atoms with Crippen LogP contribution in [0.4, 0.5) is 4.39 Å². The van der Waals surface area contributed by atoms with Gasteiger partial charge in [-0.25, -0.2) is 9.11 Å². The summed E-state index contributed by atoms with van der Waals surface area (Å²) in [4.78, 5) is 0. The highest BCUT2D eigenvalue weighted by atomic mass is 32.2. The van der Waals surface area contributed by atoms with E-state index in [0.717, 1.165) is 32.9 Å². The number of nitrogens with zero attached hydrogens (tertiary/aromatic N) is 2. The Morgan fingerprint density at radius 1 is 1.14 bits per heavy atom. The maximum atomic E-state index is 14.3. The normalized spacial score (nSPS) is 12.4. The third kappa shape index (κ3) is 4.86. The van der Waals surface area contributed by atoms with Crippen molar-refractivity contribution < 1.29 is 12.8 Å². The second-order valence-electron chi connectivity index (χ2n) is 7.84. The van der Waals surface area contributed by atoms with Crippen molar-refractivity contribution in [3.8, 4) is 11.1 Å². The van der Waals surface area contributed by atoms with Gasteiger partial charge in [0.25, 0.3) is 10.2 Å². The quantitative estimate of drug-likeness (QED) is 0.601. The van der Waals surface area contributed by atoms with Crippen LogP contribution in [0.15, 0.2) is 48.7 Å². The molecule has 0 bridgehead atoms. The van der Waals surface area contributed by atoms with Crippen LogP contribution in [-0.2, 0) is 23.2 Å². The summed E-state index contributed by atoms with van der Waals surface area (Å²) >= 11 is 0. The molecule has 1 aromatic heterocycles. The summed E-state index contributed by atoms with van der Waals surface area (Å²) in [5.41, 5.74) is 3.51. The highest BCUT2D eigenvalue weighted by Crippen LogP contribution is 2.30. The highest BCUT2D eigenvalue weighted by molar-refractivity contribution is 7.87. The second kappa shape index (κ2) is 8.65. The maximum Gasteiger partial charge on any atom is 0.278 e. The molecule has 3 rings (SSSR count). The lowest BCUT2D eigenvalue weighted by molar-refractivity contribution is 0.506. The zero-order chi connectivity index (χ0) is 21.2. The number of rotatable bonds is 8. The Morgan fingerprint density at radius 2 is 1.86 bits per heavy atom. The number of hydrogen-bond donors (Lipinski definition) is 1. The molecule has 0 radical (unpaired) electrons. The van der Waals surface area contributed by atoms with Crippen molar-refractivity contribution in [3.05, 3.63) is 60.0 Å². The van der Waals surface area contributed by atoms with E-state index in [-0.39, 0.29) is 5.82 Å². The third-order valence-electron chi connectivity index (χ3n) is 4.87. The lowest BCUT2D eigenvalue weighted by atomic mass is 10.0. The molecule has 0 atom stereocenters. The van der Waals surface area contributed by atoms with Crippen molar-refractivity contribution >= 4 is 21.1 Å². The summed E-state index contributed by atoms with van der Waals surface area (Å²) in [6.07, 6.45) is 2.66. The molecule has 29 heavy (non-hydrogen) atoms. The van der Waals surface area contributed by atoms with Gasteiger partial charge in [0.15, 0.2) is 0 Å². The van der Waals surface area contributed by atoms with E-state index >= 15 is 0 Å². The minimum atomic E-state index is -3.45. The molecule has 0 aliphatic rings. The summed E-state index contributed by atoms with van der Waals surface area (Å²) in [6.45, 7) is 5.45. The first-order valence-corrected chi connectivity index (χ1v) is 11.2. The van der Waals surface area contributed by atoms with Crippen LogP contribution in [0.25, 0.3) is 22.0 Å². The van der Waals surface area contributed by atoms with Crippen LogP contribution in [0.5, 0.6) is 0 Å². The van der Waals surface area contributed by atoms with E-state index in [1.54, 1.807) is 12.1 Å². The zero-order valence-electron chi connectivity index (χ0n) is 17.3. The Morgan fingerprint density at radius 3 is 2.52 bits per heavy atom. The fourth-order valence-corrected chi connectivity index (χ4v) is 4.04. The van der Waals surface area contributed by atoms with Gasteiger partial charge in [-0.15, -0.1) is 0 Å². The number of halogens is 1. The molecular weight excluding hydrogens is 389 g/mol. The number of fused-ring (bicyclic) bond motifs is 1. The Balaban J connectivity index is 1.96. The fraction of sp³-hybridized carbons (Fsp3) is 0.364. The van der Waals surface area contributed by atoms with Gasteiger partial charge in [0.1, 0.15) is 5.82 Å². The second-order valence-corrected chi connectivity index (χ2v) is 9.81. The lowest BCUT2D eigenvalue weighted by Crippen LogP contribution is -2.36. The van der Waals surface area contributed by atoms with E-state index in [1.165, 1.54) is 20.2 Å². The molecule has 0 aliphatic heterocycles. The van der Waals surface area contributed by atoms with E-state index in [2.05, 4.69) is 29.3 Å². The lowest BCUT2D eigenvalue weighted by Gasteiger charge is -2.11. The summed E-state index contributed by atoms with van der Waals surface area (Å²) in [6, 6.07) is 12.7. The fourth-order valence-electron chi connectivity index (χ4n) is 3.42. The minimum Gasteiger partial charge on any atom is -0.347 e. The van der Waals surface area contributed by atoms with E-state index in [0.29, 0.717) is 24.4 Å². The monoisotopic (exact) mass is 417 g/mol. The smallest absolute Gasteiger partial charge is 0.278 e. The molecule has 5 nitrogen and oxygen atoms in total. The average Bonchev–Trinajstić information content (AvgIpc) is 2.98. The molecule has 1 N–H and O–H groups in total. The largest absolute Gasteiger partial charge is 0.347 e. The predicted octanol–water partition coefficient (Wildman–Crippen LogP) is 4.04. The molecule has 0 aliphatic carbocycles. The summed E-state index contributed by atoms with van der Waals surface area (Å²) in [5, 5.41) is 1.06. The highest BCUT2D eigenvalue weighted by Gasteiger charge is 2.15. The number of nitrogens with one attached hydrogen (secondary N) is 1. The van der Waals surface area contributed by atoms with Gasteiger partial charge >= 0.3 is 0 Å². The predicted molar refractivity (Wildman–Crippen MR) is 116 cm³/mol. The van der Waals surface area contributed by atoms with E-state index in [1.807, 2.05) is 24.3 Å². The Bertz CT molecular complexity index is 1100. The van der Waals surface area contributed by atoms with Crippen LogP contribution in [0.3, 0.4) is 0 Å². The topological polar surface area (TPSA) is 54.3 Å². The van der Waals surface area contributed by atoms with Crippen molar-refractivity contribution in [2.24, 2.45) is 5.92 Å². The number of aromatic nitrogens is 1. The average molecular weight is 418 g/mol. The summed E-state index contributed by atoms with van der Waals surface area (Å²) in [7, 11) is -0.444. The van der Waals surface area contributed by atoms with Gasteiger partial charge in [-0.3, -0.25) is 0 Å². The van der Waals surface area contributed by atoms with E-state index < -0.39 is 10.2 Å². The minimum absolute atomic E-state index is 0.243. The van der Waals surface area contributed by atoms with E-state index in [4.69, 9.17) is 0 Å². The molecule has 0 unspecified atom stereocenters.